The van der Waals surface area contributed by atoms with Gasteiger partial charge in [-0.3, -0.25) is 4.98 Å². The fraction of sp³-hybridized carbons (Fsp3) is 0.111. The third kappa shape index (κ3) is 2.56. The summed E-state index contributed by atoms with van der Waals surface area (Å²) in [4.78, 5) is 18.8. The predicted octanol–water partition coefficient (Wildman–Crippen LogP) is -2.14. The molecule has 3 nitrogen and oxygen atoms in total. The number of aryl methyl sites for hydroxylation is 1. The van der Waals surface area contributed by atoms with Crippen molar-refractivity contribution in [2.24, 2.45) is 0 Å². The average molecular weight is 245 g/mol. The Labute approximate surface area is 124 Å². The second kappa shape index (κ2) is 4.60. The van der Waals surface area contributed by atoms with Gasteiger partial charge in [0.05, 0.1) is 5.56 Å². The van der Waals surface area contributed by atoms with Gasteiger partial charge in [-0.1, -0.05) is 12.1 Å². The Kier molecular flexibility index (Phi) is 3.97. The molecule has 0 spiro atoms. The first-order valence-electron chi connectivity index (χ1n) is 3.66. The van der Waals surface area contributed by atoms with E-state index in [1.54, 1.807) is 18.3 Å². The molecule has 2 aromatic rings. The summed E-state index contributed by atoms with van der Waals surface area (Å²) in [6, 6.07) is 4.98. The van der Waals surface area contributed by atoms with Crippen LogP contribution in [0, 0.1) is 6.92 Å². The van der Waals surface area contributed by atoms with Gasteiger partial charge < -0.3 is 9.78 Å². The summed E-state index contributed by atoms with van der Waals surface area (Å²) >= 11 is 0. The number of hydrogen-bond donors (Lipinski definition) is 0. The van der Waals surface area contributed by atoms with Crippen molar-refractivity contribution in [1.29, 1.82) is 0 Å². The van der Waals surface area contributed by atoms with E-state index < -0.39 is 0 Å². The van der Waals surface area contributed by atoms with Crippen LogP contribution in [0.5, 0.6) is 0 Å². The van der Waals surface area contributed by atoms with Crippen molar-refractivity contribution in [1.82, 2.24) is 9.97 Å². The first-order chi connectivity index (χ1) is 5.75. The van der Waals surface area contributed by atoms with Crippen molar-refractivity contribution in [3.8, 4) is 0 Å². The summed E-state index contributed by atoms with van der Waals surface area (Å²) < 4.78 is 0. The van der Waals surface area contributed by atoms with Crippen LogP contribution in [-0.2, 0) is 0 Å². The molecule has 0 atom stereocenters. The summed E-state index contributed by atoms with van der Waals surface area (Å²) in [6.07, 6.45) is 1.72. The topological polar surface area (TPSA) is 44.1 Å². The quantitative estimate of drug-likeness (QED) is 0.532. The van der Waals surface area contributed by atoms with Gasteiger partial charge in [0.2, 0.25) is 0 Å². The molecular weight excluding hydrogens is 238 g/mol. The van der Waals surface area contributed by atoms with Crippen LogP contribution in [0.3, 0.4) is 0 Å². The molecule has 0 unspecified atom stereocenters. The van der Waals surface area contributed by atoms with Crippen LogP contribution >= 0.6 is 0 Å². The largest absolute Gasteiger partial charge is 1.00 e. The number of nitrogens with zero attached hydrogens (tertiary/aromatic N) is 2. The van der Waals surface area contributed by atoms with Crippen molar-refractivity contribution in [3.63, 3.8) is 0 Å². The van der Waals surface area contributed by atoms with Gasteiger partial charge in [-0.25, -0.2) is 0 Å². The number of rotatable bonds is 0. The van der Waals surface area contributed by atoms with Crippen LogP contribution in [0.25, 0.3) is 10.9 Å². The molecule has 2 rings (SSSR count). The Morgan fingerprint density at radius 1 is 1.38 bits per heavy atom. The van der Waals surface area contributed by atoms with E-state index in [9.17, 15) is 4.79 Å². The predicted molar refractivity (Wildman–Crippen MR) is 46.1 cm³/mol. The van der Waals surface area contributed by atoms with Crippen molar-refractivity contribution in [2.45, 2.75) is 6.92 Å². The first kappa shape index (κ1) is 11.2. The molecule has 4 heteroatoms. The van der Waals surface area contributed by atoms with Crippen LogP contribution in [0.4, 0.5) is 0 Å². The number of aromatic nitrogens is 2. The van der Waals surface area contributed by atoms with E-state index in [2.05, 4.69) is 9.97 Å². The third-order valence-electron chi connectivity index (χ3n) is 1.68. The smallest absolute Gasteiger partial charge is 0.623 e. The summed E-state index contributed by atoms with van der Waals surface area (Å²) in [5.74, 6) is 0. The number of pyridine rings is 2. The molecule has 0 aromatic carbocycles. The fourth-order valence-corrected chi connectivity index (χ4v) is 1.10. The summed E-state index contributed by atoms with van der Waals surface area (Å²) in [7, 11) is 0. The number of fused-ring (bicyclic) bond motifs is 1. The molecule has 0 N–H and O–H groups in total. The zero-order valence-corrected chi connectivity index (χ0v) is 12.5. The molecule has 0 fully saturated rings. The van der Waals surface area contributed by atoms with Crippen LogP contribution in [-0.4, -0.2) is 4.98 Å². The Hall–Kier alpha value is 0.165. The van der Waals surface area contributed by atoms with Crippen LogP contribution in [0.1, 0.15) is 5.69 Å². The SMILES string of the molecule is Cc1cc2[n-]c(=O)ccc2cn1.[Rb+]. The summed E-state index contributed by atoms with van der Waals surface area (Å²) in [5, 5.41) is 0.903. The van der Waals surface area contributed by atoms with Crippen molar-refractivity contribution >= 4 is 10.9 Å². The minimum atomic E-state index is -0.201. The Bertz CT molecular complexity index is 478. The maximum atomic E-state index is 10.9. The molecule has 0 bridgehead atoms. The molecule has 0 aliphatic carbocycles. The van der Waals surface area contributed by atoms with Gasteiger partial charge in [0.25, 0.3) is 0 Å². The van der Waals surface area contributed by atoms with E-state index in [-0.39, 0.29) is 63.7 Å². The molecule has 0 saturated heterocycles. The van der Waals surface area contributed by atoms with Crippen LogP contribution < -0.4 is 68.7 Å². The molecular formula is C9H7N2ORb. The summed E-state index contributed by atoms with van der Waals surface area (Å²) in [5.41, 5.74) is 1.39. The molecule has 2 aromatic heterocycles. The van der Waals surface area contributed by atoms with E-state index in [0.717, 1.165) is 16.6 Å². The van der Waals surface area contributed by atoms with E-state index in [1.807, 2.05) is 6.92 Å². The van der Waals surface area contributed by atoms with Crippen LogP contribution in [0.15, 0.2) is 29.2 Å². The molecule has 0 saturated carbocycles. The number of hydrogen-bond acceptors (Lipinski definition) is 2. The zero-order chi connectivity index (χ0) is 8.55. The van der Waals surface area contributed by atoms with Gasteiger partial charge >= 0.3 is 58.2 Å². The minimum Gasteiger partial charge on any atom is -0.623 e. The average Bonchev–Trinajstić information content (AvgIpc) is 2.03. The Balaban J connectivity index is 0.000000845. The molecule has 0 radical (unpaired) electrons. The minimum absolute atomic E-state index is 0. The van der Waals surface area contributed by atoms with Gasteiger partial charge in [0.1, 0.15) is 0 Å². The first-order valence-corrected chi connectivity index (χ1v) is 3.66. The van der Waals surface area contributed by atoms with Gasteiger partial charge in [-0.15, -0.1) is 5.52 Å². The van der Waals surface area contributed by atoms with Gasteiger partial charge in [0, 0.05) is 11.9 Å². The fourth-order valence-electron chi connectivity index (χ4n) is 1.10. The molecule has 13 heavy (non-hydrogen) atoms. The maximum Gasteiger partial charge on any atom is 1.00 e. The maximum absolute atomic E-state index is 10.9. The third-order valence-corrected chi connectivity index (χ3v) is 1.68. The second-order valence-corrected chi connectivity index (χ2v) is 2.67. The normalized spacial score (nSPS) is 9.62. The Morgan fingerprint density at radius 2 is 2.15 bits per heavy atom. The van der Waals surface area contributed by atoms with E-state index >= 15 is 0 Å². The van der Waals surface area contributed by atoms with Crippen molar-refractivity contribution in [2.75, 3.05) is 0 Å². The van der Waals surface area contributed by atoms with E-state index in [0.29, 0.717) is 0 Å². The monoisotopic (exact) mass is 244 g/mol. The standard InChI is InChI=1S/C9H8N2O.Rb/c1-6-4-8-7(5-10-6)2-3-9(12)11-8;/h2-5H,1H3,(H,10,11,12);/q;+1/p-1. The molecule has 0 amide bonds. The van der Waals surface area contributed by atoms with Gasteiger partial charge in [0.15, 0.2) is 0 Å². The van der Waals surface area contributed by atoms with Crippen molar-refractivity contribution < 1.29 is 58.2 Å². The van der Waals surface area contributed by atoms with Crippen LogP contribution in [0.2, 0.25) is 0 Å². The molecule has 60 valence electrons. The van der Waals surface area contributed by atoms with Crippen molar-refractivity contribution in [3.05, 3.63) is 40.4 Å². The second-order valence-electron chi connectivity index (χ2n) is 2.67. The van der Waals surface area contributed by atoms with Gasteiger partial charge in [-0.05, 0) is 18.4 Å². The summed E-state index contributed by atoms with van der Waals surface area (Å²) in [6.45, 7) is 1.87. The molecule has 2 heterocycles. The molecule has 0 aliphatic heterocycles. The van der Waals surface area contributed by atoms with E-state index in [1.165, 1.54) is 6.07 Å². The van der Waals surface area contributed by atoms with E-state index in [4.69, 9.17) is 0 Å². The Morgan fingerprint density at radius 3 is 2.92 bits per heavy atom. The zero-order valence-electron chi connectivity index (χ0n) is 7.61. The molecule has 0 aliphatic rings. The van der Waals surface area contributed by atoms with Gasteiger partial charge in [-0.2, -0.15) is 0 Å².